The summed E-state index contributed by atoms with van der Waals surface area (Å²) in [7, 11) is 0. The number of pyridine rings is 2. The summed E-state index contributed by atoms with van der Waals surface area (Å²) in [6.45, 7) is 7.04. The SMILES string of the molecule is CCC(C)C(CC)Cc1cc(-n2c3ccccc3c3ncccc32)cc(-n2c3ccccc3c3ncccc32)c1. The Bertz CT molecular complexity index is 1760. The zero-order valence-electron chi connectivity index (χ0n) is 23.4. The fourth-order valence-electron chi connectivity index (χ4n) is 6.54. The molecule has 0 spiro atoms. The Kier molecular flexibility index (Phi) is 6.11. The summed E-state index contributed by atoms with van der Waals surface area (Å²) in [5, 5.41) is 2.36. The summed E-state index contributed by atoms with van der Waals surface area (Å²) in [5.74, 6) is 1.31. The van der Waals surface area contributed by atoms with Gasteiger partial charge >= 0.3 is 0 Å². The van der Waals surface area contributed by atoms with Crippen LogP contribution < -0.4 is 0 Å². The molecule has 0 saturated heterocycles. The Morgan fingerprint density at radius 1 is 0.600 bits per heavy atom. The van der Waals surface area contributed by atoms with E-state index in [0.29, 0.717) is 11.8 Å². The predicted octanol–water partition coefficient (Wildman–Crippen LogP) is 9.29. The molecule has 0 fully saturated rings. The van der Waals surface area contributed by atoms with Crippen LogP contribution in [-0.4, -0.2) is 19.1 Å². The van der Waals surface area contributed by atoms with E-state index in [1.165, 1.54) is 51.6 Å². The Morgan fingerprint density at radius 3 is 1.60 bits per heavy atom. The molecule has 0 bridgehead atoms. The molecule has 0 aliphatic carbocycles. The molecule has 0 N–H and O–H groups in total. The zero-order chi connectivity index (χ0) is 27.2. The lowest BCUT2D eigenvalue weighted by atomic mass is 9.84. The van der Waals surface area contributed by atoms with Crippen molar-refractivity contribution in [3.8, 4) is 11.4 Å². The number of rotatable bonds is 7. The van der Waals surface area contributed by atoms with Gasteiger partial charge in [-0.25, -0.2) is 0 Å². The molecule has 40 heavy (non-hydrogen) atoms. The standard InChI is InChI=1S/C36H34N4/c1-4-24(3)26(5-2)20-25-21-27(39-31-14-8-6-12-29(31)35-33(39)16-10-18-37-35)23-28(22-25)40-32-15-9-7-13-30(32)36-34(40)17-11-19-38-36/h6-19,21-24,26H,4-5,20H2,1-3H3. The Morgan fingerprint density at radius 2 is 1.10 bits per heavy atom. The molecule has 0 radical (unpaired) electrons. The maximum atomic E-state index is 4.79. The van der Waals surface area contributed by atoms with Crippen LogP contribution in [0.25, 0.3) is 55.2 Å². The van der Waals surface area contributed by atoms with Gasteiger partial charge in [-0.1, -0.05) is 70.0 Å². The molecule has 0 aliphatic rings. The van der Waals surface area contributed by atoms with Crippen LogP contribution in [0, 0.1) is 11.8 Å². The molecule has 4 nitrogen and oxygen atoms in total. The van der Waals surface area contributed by atoms with Gasteiger partial charge in [0.15, 0.2) is 0 Å². The molecule has 4 aromatic heterocycles. The number of nitrogens with zero attached hydrogens (tertiary/aromatic N) is 4. The van der Waals surface area contributed by atoms with Gasteiger partial charge in [0.25, 0.3) is 0 Å². The van der Waals surface area contributed by atoms with Crippen LogP contribution in [0.5, 0.6) is 0 Å². The van der Waals surface area contributed by atoms with Gasteiger partial charge in [0, 0.05) is 34.5 Å². The molecular weight excluding hydrogens is 488 g/mol. The van der Waals surface area contributed by atoms with Crippen LogP contribution in [0.15, 0.2) is 103 Å². The first-order valence-electron chi connectivity index (χ1n) is 14.5. The van der Waals surface area contributed by atoms with E-state index >= 15 is 0 Å². The number of fused-ring (bicyclic) bond motifs is 6. The highest BCUT2D eigenvalue weighted by Crippen LogP contribution is 2.36. The van der Waals surface area contributed by atoms with Gasteiger partial charge in [-0.05, 0) is 78.4 Å². The van der Waals surface area contributed by atoms with E-state index in [9.17, 15) is 0 Å². The average molecular weight is 523 g/mol. The van der Waals surface area contributed by atoms with E-state index < -0.39 is 0 Å². The number of hydrogen-bond donors (Lipinski definition) is 0. The Balaban J connectivity index is 1.54. The fourth-order valence-corrected chi connectivity index (χ4v) is 6.54. The summed E-state index contributed by atoms with van der Waals surface area (Å²) >= 11 is 0. The highest BCUT2D eigenvalue weighted by atomic mass is 15.0. The second-order valence-electron chi connectivity index (χ2n) is 11.1. The molecule has 0 saturated carbocycles. The third-order valence-electron chi connectivity index (χ3n) is 8.80. The fraction of sp³-hybridized carbons (Fsp3) is 0.222. The van der Waals surface area contributed by atoms with Crippen molar-refractivity contribution in [2.24, 2.45) is 11.8 Å². The number of hydrogen-bond acceptors (Lipinski definition) is 2. The molecule has 0 amide bonds. The van der Waals surface area contributed by atoms with Crippen molar-refractivity contribution in [3.63, 3.8) is 0 Å². The first-order valence-corrected chi connectivity index (χ1v) is 14.5. The van der Waals surface area contributed by atoms with Crippen molar-refractivity contribution in [2.75, 3.05) is 0 Å². The third kappa shape index (κ3) is 3.90. The van der Waals surface area contributed by atoms with Gasteiger partial charge in [0.05, 0.1) is 33.1 Å². The average Bonchev–Trinajstić information content (AvgIpc) is 3.52. The lowest BCUT2D eigenvalue weighted by Gasteiger charge is -2.23. The lowest BCUT2D eigenvalue weighted by Crippen LogP contribution is -2.13. The molecular formula is C36H34N4. The Labute approximate surface area is 234 Å². The van der Waals surface area contributed by atoms with E-state index in [4.69, 9.17) is 9.97 Å². The summed E-state index contributed by atoms with van der Waals surface area (Å²) in [6.07, 6.45) is 7.21. The number of benzene rings is 3. The van der Waals surface area contributed by atoms with Gasteiger partial charge in [-0.3, -0.25) is 9.97 Å². The van der Waals surface area contributed by atoms with E-state index in [1.807, 2.05) is 24.5 Å². The normalized spacial score (nSPS) is 13.5. The van der Waals surface area contributed by atoms with Crippen LogP contribution in [0.1, 0.15) is 39.2 Å². The van der Waals surface area contributed by atoms with E-state index in [-0.39, 0.29) is 0 Å². The van der Waals surface area contributed by atoms with Gasteiger partial charge in [0.2, 0.25) is 0 Å². The quantitative estimate of drug-likeness (QED) is 0.209. The summed E-state index contributed by atoms with van der Waals surface area (Å²) in [5.41, 5.74) is 10.4. The largest absolute Gasteiger partial charge is 0.308 e. The van der Waals surface area contributed by atoms with Crippen molar-refractivity contribution < 1.29 is 0 Å². The molecule has 3 aromatic carbocycles. The van der Waals surface area contributed by atoms with Crippen molar-refractivity contribution in [3.05, 3.63) is 109 Å². The van der Waals surface area contributed by atoms with E-state index in [0.717, 1.165) is 28.5 Å². The smallest absolute Gasteiger partial charge is 0.0963 e. The minimum atomic E-state index is 0.632. The van der Waals surface area contributed by atoms with E-state index in [1.54, 1.807) is 0 Å². The van der Waals surface area contributed by atoms with Gasteiger partial charge < -0.3 is 9.13 Å². The van der Waals surface area contributed by atoms with Crippen molar-refractivity contribution in [2.45, 2.75) is 40.0 Å². The monoisotopic (exact) mass is 522 g/mol. The lowest BCUT2D eigenvalue weighted by molar-refractivity contribution is 0.336. The summed E-state index contributed by atoms with van der Waals surface area (Å²) < 4.78 is 4.78. The zero-order valence-corrected chi connectivity index (χ0v) is 23.4. The molecule has 7 aromatic rings. The minimum absolute atomic E-state index is 0.632. The molecule has 4 heterocycles. The van der Waals surface area contributed by atoms with Crippen molar-refractivity contribution >= 4 is 43.9 Å². The maximum Gasteiger partial charge on any atom is 0.0963 e. The van der Waals surface area contributed by atoms with Crippen LogP contribution in [0.4, 0.5) is 0 Å². The number of aromatic nitrogens is 4. The molecule has 0 aliphatic heterocycles. The van der Waals surface area contributed by atoms with Crippen molar-refractivity contribution in [1.29, 1.82) is 0 Å². The second kappa shape index (κ2) is 9.95. The van der Waals surface area contributed by atoms with Gasteiger partial charge in [-0.15, -0.1) is 0 Å². The minimum Gasteiger partial charge on any atom is -0.308 e. The van der Waals surface area contributed by atoms with Crippen LogP contribution in [0.2, 0.25) is 0 Å². The van der Waals surface area contributed by atoms with Crippen LogP contribution >= 0.6 is 0 Å². The highest BCUT2D eigenvalue weighted by molar-refractivity contribution is 6.08. The first kappa shape index (κ1) is 24.6. The maximum absolute atomic E-state index is 4.79. The van der Waals surface area contributed by atoms with Gasteiger partial charge in [-0.2, -0.15) is 0 Å². The molecule has 2 unspecified atom stereocenters. The molecule has 198 valence electrons. The number of para-hydroxylation sites is 2. The highest BCUT2D eigenvalue weighted by Gasteiger charge is 2.20. The van der Waals surface area contributed by atoms with Crippen molar-refractivity contribution in [1.82, 2.24) is 19.1 Å². The topological polar surface area (TPSA) is 35.6 Å². The third-order valence-corrected chi connectivity index (χ3v) is 8.80. The van der Waals surface area contributed by atoms with Gasteiger partial charge in [0.1, 0.15) is 0 Å². The summed E-state index contributed by atoms with van der Waals surface area (Å²) in [4.78, 5) is 9.59. The molecule has 7 rings (SSSR count). The van der Waals surface area contributed by atoms with Crippen LogP contribution in [-0.2, 0) is 6.42 Å². The van der Waals surface area contributed by atoms with Crippen LogP contribution in [0.3, 0.4) is 0 Å². The summed E-state index contributed by atoms with van der Waals surface area (Å²) in [6, 6.07) is 32.8. The molecule has 4 heteroatoms. The first-order chi connectivity index (χ1) is 19.7. The molecule has 2 atom stereocenters. The predicted molar refractivity (Wildman–Crippen MR) is 168 cm³/mol. The van der Waals surface area contributed by atoms with E-state index in [2.05, 4.69) is 109 Å². The second-order valence-corrected chi connectivity index (χ2v) is 11.1. The Hall–Kier alpha value is -4.44.